The number of hydrogen-bond donors (Lipinski definition) is 1. The lowest BCUT2D eigenvalue weighted by atomic mass is 9.49. The summed E-state index contributed by atoms with van der Waals surface area (Å²) in [5.41, 5.74) is 9.44. The van der Waals surface area contributed by atoms with Gasteiger partial charge < -0.3 is 5.32 Å². The van der Waals surface area contributed by atoms with Crippen molar-refractivity contribution in [3.05, 3.63) is 76.7 Å². The average Bonchev–Trinajstić information content (AvgIpc) is 3.25. The van der Waals surface area contributed by atoms with Gasteiger partial charge in [-0.25, -0.2) is 9.97 Å². The molecule has 2 heterocycles. The first kappa shape index (κ1) is 22.9. The van der Waals surface area contributed by atoms with E-state index in [1.54, 1.807) is 6.33 Å². The average molecular weight is 505 g/mol. The molecule has 0 radical (unpaired) electrons. The number of carbonyl (C=O) groups excluding carboxylic acids is 1. The van der Waals surface area contributed by atoms with Gasteiger partial charge in [-0.05, 0) is 102 Å². The summed E-state index contributed by atoms with van der Waals surface area (Å²) in [5, 5.41) is 3.24. The first-order valence-corrected chi connectivity index (χ1v) is 14.6. The Kier molecular flexibility index (Phi) is 5.26. The Labute approximate surface area is 225 Å². The predicted molar refractivity (Wildman–Crippen MR) is 148 cm³/mol. The van der Waals surface area contributed by atoms with E-state index in [1.165, 1.54) is 66.3 Å². The van der Waals surface area contributed by atoms with Gasteiger partial charge in [0.25, 0.3) is 0 Å². The second-order valence-electron chi connectivity index (χ2n) is 13.1. The quantitative estimate of drug-likeness (QED) is 0.354. The van der Waals surface area contributed by atoms with E-state index in [0.29, 0.717) is 6.42 Å². The van der Waals surface area contributed by atoms with Crippen LogP contribution in [-0.4, -0.2) is 27.3 Å². The molecule has 0 spiro atoms. The molecule has 2 aromatic carbocycles. The Bertz CT molecular complexity index is 1390. The van der Waals surface area contributed by atoms with Crippen molar-refractivity contribution < 1.29 is 4.79 Å². The van der Waals surface area contributed by atoms with E-state index in [0.717, 1.165) is 67.3 Å². The van der Waals surface area contributed by atoms with Crippen molar-refractivity contribution >= 4 is 11.7 Å². The van der Waals surface area contributed by atoms with Crippen LogP contribution in [0.4, 0.5) is 5.82 Å². The third-order valence-electron chi connectivity index (χ3n) is 10.3. The van der Waals surface area contributed by atoms with Crippen molar-refractivity contribution in [1.82, 2.24) is 14.9 Å². The van der Waals surface area contributed by atoms with Gasteiger partial charge in [-0.3, -0.25) is 9.69 Å². The zero-order valence-electron chi connectivity index (χ0n) is 22.1. The van der Waals surface area contributed by atoms with Gasteiger partial charge in [-0.15, -0.1) is 0 Å². The highest BCUT2D eigenvalue weighted by Gasteiger charge is 2.51. The maximum absolute atomic E-state index is 13.3. The van der Waals surface area contributed by atoms with E-state index >= 15 is 0 Å². The third-order valence-corrected chi connectivity index (χ3v) is 10.3. The maximum atomic E-state index is 13.3. The number of nitrogens with zero attached hydrogens (tertiary/aromatic N) is 3. The molecule has 4 fully saturated rings. The van der Waals surface area contributed by atoms with Crippen LogP contribution < -0.4 is 5.32 Å². The monoisotopic (exact) mass is 504 g/mol. The van der Waals surface area contributed by atoms with Crippen LogP contribution in [0.2, 0.25) is 0 Å². The molecule has 5 aliphatic carbocycles. The lowest BCUT2D eigenvalue weighted by Crippen LogP contribution is -2.47. The van der Waals surface area contributed by atoms with Crippen molar-refractivity contribution in [2.45, 2.75) is 70.9 Å². The molecule has 9 rings (SSSR count). The third kappa shape index (κ3) is 3.98. The second-order valence-corrected chi connectivity index (χ2v) is 13.1. The molecule has 0 saturated heterocycles. The number of rotatable bonds is 5. The van der Waals surface area contributed by atoms with E-state index in [2.05, 4.69) is 62.6 Å². The topological polar surface area (TPSA) is 58.1 Å². The Balaban J connectivity index is 0.939. The molecule has 5 heteroatoms. The lowest BCUT2D eigenvalue weighted by Gasteiger charge is -2.56. The molecule has 3 aromatic rings. The van der Waals surface area contributed by atoms with Gasteiger partial charge in [0.05, 0.1) is 5.69 Å². The first-order chi connectivity index (χ1) is 18.6. The molecule has 1 amide bonds. The summed E-state index contributed by atoms with van der Waals surface area (Å²) in [5.74, 6) is 3.52. The number of benzene rings is 2. The Hall–Kier alpha value is -3.05. The van der Waals surface area contributed by atoms with Crippen LogP contribution in [0.15, 0.2) is 48.8 Å². The van der Waals surface area contributed by atoms with E-state index in [4.69, 9.17) is 0 Å². The summed E-state index contributed by atoms with van der Waals surface area (Å²) >= 11 is 0. The van der Waals surface area contributed by atoms with Gasteiger partial charge >= 0.3 is 0 Å². The second kappa shape index (κ2) is 8.74. The molecule has 6 aliphatic rings. The van der Waals surface area contributed by atoms with Crippen LogP contribution in [0, 0.1) is 23.2 Å². The molecule has 0 atom stereocenters. The molecule has 4 bridgehead atoms. The molecule has 1 aromatic heterocycles. The summed E-state index contributed by atoms with van der Waals surface area (Å²) in [4.78, 5) is 24.9. The van der Waals surface area contributed by atoms with Gasteiger partial charge in [0.1, 0.15) is 12.1 Å². The fourth-order valence-corrected chi connectivity index (χ4v) is 9.23. The Morgan fingerprint density at radius 3 is 2.53 bits per heavy atom. The van der Waals surface area contributed by atoms with Gasteiger partial charge in [0.15, 0.2) is 0 Å². The number of nitrogens with one attached hydrogen (secondary N) is 1. The van der Waals surface area contributed by atoms with Crippen LogP contribution >= 0.6 is 0 Å². The molecule has 1 N–H and O–H groups in total. The van der Waals surface area contributed by atoms with Crippen LogP contribution in [0.25, 0.3) is 11.1 Å². The fraction of sp³-hybridized carbons (Fsp3) is 0.485. The highest BCUT2D eigenvalue weighted by molar-refractivity contribution is 5.91. The Morgan fingerprint density at radius 2 is 1.71 bits per heavy atom. The summed E-state index contributed by atoms with van der Waals surface area (Å²) in [7, 11) is 0. The van der Waals surface area contributed by atoms with Gasteiger partial charge in [0.2, 0.25) is 5.91 Å². The molecular formula is C33H36N4O. The van der Waals surface area contributed by atoms with E-state index in [-0.39, 0.29) is 11.3 Å². The number of aromatic nitrogens is 2. The zero-order chi connectivity index (χ0) is 25.3. The number of amides is 1. The van der Waals surface area contributed by atoms with Crippen molar-refractivity contribution in [2.24, 2.45) is 23.2 Å². The van der Waals surface area contributed by atoms with E-state index in [1.807, 2.05) is 0 Å². The highest BCUT2D eigenvalue weighted by Crippen LogP contribution is 2.61. The molecule has 4 saturated carbocycles. The number of fused-ring (bicyclic) bond motifs is 4. The smallest absolute Gasteiger partial charge is 0.226 e. The van der Waals surface area contributed by atoms with Crippen LogP contribution in [0.3, 0.4) is 0 Å². The number of hydrogen-bond acceptors (Lipinski definition) is 4. The van der Waals surface area contributed by atoms with Crippen molar-refractivity contribution in [3.63, 3.8) is 0 Å². The van der Waals surface area contributed by atoms with Gasteiger partial charge in [-0.1, -0.05) is 42.5 Å². The molecule has 0 unspecified atom stereocenters. The van der Waals surface area contributed by atoms with Crippen molar-refractivity contribution in [1.29, 1.82) is 0 Å². The largest absolute Gasteiger partial charge is 0.310 e. The molecule has 38 heavy (non-hydrogen) atoms. The minimum Gasteiger partial charge on any atom is -0.310 e. The van der Waals surface area contributed by atoms with Crippen LogP contribution in [0.1, 0.15) is 72.9 Å². The van der Waals surface area contributed by atoms with Crippen LogP contribution in [0.5, 0.6) is 0 Å². The molecule has 194 valence electrons. The van der Waals surface area contributed by atoms with Gasteiger partial charge in [0, 0.05) is 31.6 Å². The summed E-state index contributed by atoms with van der Waals surface area (Å²) in [6.07, 6.45) is 12.2. The van der Waals surface area contributed by atoms with E-state index < -0.39 is 0 Å². The minimum absolute atomic E-state index is 0.161. The van der Waals surface area contributed by atoms with Crippen molar-refractivity contribution in [2.75, 3.05) is 11.9 Å². The zero-order valence-corrected chi connectivity index (χ0v) is 22.1. The van der Waals surface area contributed by atoms with Crippen LogP contribution in [-0.2, 0) is 30.7 Å². The standard InChI is InChI=1S/C33H36N4O/c38-31(17-33-14-22-9-23(15-33)11-24(10-22)16-33)36-32-29-7-8-37(19-30(29)34-20-35-32)18-21-5-6-28-26(12-21)13-25-3-1-2-4-27(25)28/h1-6,12,20,22-24H,7-11,13-19H2,(H,34,35,36,38). The SMILES string of the molecule is O=C(CC12CC3CC(CC(C3)C1)C2)Nc1ncnc2c1CCN(Cc1ccc3c(c1)Cc1ccccc1-3)C2. The highest BCUT2D eigenvalue weighted by atomic mass is 16.1. The summed E-state index contributed by atoms with van der Waals surface area (Å²) in [6.45, 7) is 2.67. The number of carbonyl (C=O) groups is 1. The summed E-state index contributed by atoms with van der Waals surface area (Å²) < 4.78 is 0. The van der Waals surface area contributed by atoms with E-state index in [9.17, 15) is 4.79 Å². The predicted octanol–water partition coefficient (Wildman–Crippen LogP) is 6.15. The fourth-order valence-electron chi connectivity index (χ4n) is 9.23. The lowest BCUT2D eigenvalue weighted by molar-refractivity contribution is -0.124. The molecule has 5 nitrogen and oxygen atoms in total. The molecule has 1 aliphatic heterocycles. The Morgan fingerprint density at radius 1 is 0.947 bits per heavy atom. The minimum atomic E-state index is 0.161. The normalized spacial score (nSPS) is 28.6. The van der Waals surface area contributed by atoms with Gasteiger partial charge in [-0.2, -0.15) is 0 Å². The maximum Gasteiger partial charge on any atom is 0.226 e. The number of anilines is 1. The summed E-state index contributed by atoms with van der Waals surface area (Å²) in [6, 6.07) is 15.7. The molecular weight excluding hydrogens is 468 g/mol. The first-order valence-electron chi connectivity index (χ1n) is 14.6. The van der Waals surface area contributed by atoms with Crippen molar-refractivity contribution in [3.8, 4) is 11.1 Å².